The SMILES string of the molecule is O=C1N(CCO)CC2CC(c3c(O)ccc(Cl)c3Cl)CN12. The second kappa shape index (κ2) is 5.55. The maximum absolute atomic E-state index is 12.2. The van der Waals surface area contributed by atoms with Gasteiger partial charge in [0.25, 0.3) is 0 Å². The number of hydrogen-bond acceptors (Lipinski definition) is 3. The fourth-order valence-corrected chi connectivity index (χ4v) is 3.78. The quantitative estimate of drug-likeness (QED) is 0.893. The zero-order chi connectivity index (χ0) is 15.1. The highest BCUT2D eigenvalue weighted by Gasteiger charge is 2.45. The second-order valence-electron chi connectivity index (χ2n) is 5.49. The van der Waals surface area contributed by atoms with Gasteiger partial charge in [-0.05, 0) is 18.6 Å². The Morgan fingerprint density at radius 1 is 1.29 bits per heavy atom. The molecule has 1 aromatic carbocycles. The third-order valence-corrected chi connectivity index (χ3v) is 5.07. The van der Waals surface area contributed by atoms with Crippen LogP contribution in [0.5, 0.6) is 5.75 Å². The van der Waals surface area contributed by atoms with E-state index in [1.807, 2.05) is 0 Å². The van der Waals surface area contributed by atoms with Crippen molar-refractivity contribution in [2.45, 2.75) is 18.4 Å². The second-order valence-corrected chi connectivity index (χ2v) is 6.27. The van der Waals surface area contributed by atoms with Gasteiger partial charge in [0, 0.05) is 31.1 Å². The molecule has 5 nitrogen and oxygen atoms in total. The predicted molar refractivity (Wildman–Crippen MR) is 80.0 cm³/mol. The molecule has 2 fully saturated rings. The largest absolute Gasteiger partial charge is 0.508 e. The van der Waals surface area contributed by atoms with Crippen molar-refractivity contribution in [1.29, 1.82) is 0 Å². The number of fused-ring (bicyclic) bond motifs is 1. The Balaban J connectivity index is 1.82. The molecule has 2 N–H and O–H groups in total. The summed E-state index contributed by atoms with van der Waals surface area (Å²) >= 11 is 12.2. The van der Waals surface area contributed by atoms with Crippen molar-refractivity contribution in [3.05, 3.63) is 27.7 Å². The molecule has 2 atom stereocenters. The number of hydrogen-bond donors (Lipinski definition) is 2. The molecule has 1 aromatic rings. The minimum absolute atomic E-state index is 0.0126. The van der Waals surface area contributed by atoms with Crippen LogP contribution < -0.4 is 0 Å². The van der Waals surface area contributed by atoms with Crippen LogP contribution in [0.4, 0.5) is 4.79 Å². The number of amides is 2. The van der Waals surface area contributed by atoms with Crippen LogP contribution in [0.3, 0.4) is 0 Å². The molecule has 0 bridgehead atoms. The lowest BCUT2D eigenvalue weighted by Gasteiger charge is -2.19. The van der Waals surface area contributed by atoms with Gasteiger partial charge in [-0.1, -0.05) is 23.2 Å². The number of phenols is 1. The number of aromatic hydroxyl groups is 1. The Labute approximate surface area is 132 Å². The smallest absolute Gasteiger partial charge is 0.320 e. The molecule has 21 heavy (non-hydrogen) atoms. The highest BCUT2D eigenvalue weighted by atomic mass is 35.5. The molecular formula is C14H16Cl2N2O3. The topological polar surface area (TPSA) is 64.0 Å². The van der Waals surface area contributed by atoms with E-state index in [0.29, 0.717) is 35.2 Å². The van der Waals surface area contributed by atoms with Gasteiger partial charge in [-0.2, -0.15) is 0 Å². The molecule has 2 heterocycles. The molecule has 2 saturated heterocycles. The molecule has 114 valence electrons. The van der Waals surface area contributed by atoms with E-state index < -0.39 is 0 Å². The number of β-amino-alcohol motifs (C(OH)–C–C–N with tert-alkyl or cyclic N) is 1. The lowest BCUT2D eigenvalue weighted by atomic mass is 9.95. The molecule has 0 saturated carbocycles. The highest BCUT2D eigenvalue weighted by Crippen LogP contribution is 2.44. The van der Waals surface area contributed by atoms with Crippen molar-refractivity contribution in [2.75, 3.05) is 26.2 Å². The first-order valence-corrected chi connectivity index (χ1v) is 7.61. The molecule has 0 aliphatic carbocycles. The number of carbonyl (C=O) groups excluding carboxylic acids is 1. The first-order valence-electron chi connectivity index (χ1n) is 6.86. The van der Waals surface area contributed by atoms with Crippen molar-refractivity contribution >= 4 is 29.2 Å². The number of aliphatic hydroxyl groups excluding tert-OH is 1. The molecule has 2 aliphatic heterocycles. The van der Waals surface area contributed by atoms with Crippen molar-refractivity contribution in [3.63, 3.8) is 0 Å². The third kappa shape index (κ3) is 2.43. The van der Waals surface area contributed by atoms with E-state index in [2.05, 4.69) is 0 Å². The molecule has 2 amide bonds. The van der Waals surface area contributed by atoms with Crippen LogP contribution in [0.2, 0.25) is 10.0 Å². The third-order valence-electron chi connectivity index (χ3n) is 4.25. The van der Waals surface area contributed by atoms with Gasteiger partial charge in [0.2, 0.25) is 0 Å². The molecule has 0 aromatic heterocycles. The maximum Gasteiger partial charge on any atom is 0.320 e. The molecule has 2 unspecified atom stereocenters. The van der Waals surface area contributed by atoms with Crippen LogP contribution in [0.1, 0.15) is 17.9 Å². The number of nitrogens with zero attached hydrogens (tertiary/aromatic N) is 2. The fourth-order valence-electron chi connectivity index (χ4n) is 3.30. The molecule has 0 spiro atoms. The number of rotatable bonds is 3. The Kier molecular flexibility index (Phi) is 3.90. The maximum atomic E-state index is 12.2. The van der Waals surface area contributed by atoms with Gasteiger partial charge in [0.1, 0.15) is 5.75 Å². The summed E-state index contributed by atoms with van der Waals surface area (Å²) in [5.74, 6) is 0.108. The average Bonchev–Trinajstić information content (AvgIpc) is 2.96. The minimum atomic E-state index is -0.0609. The lowest BCUT2D eigenvalue weighted by molar-refractivity contribution is 0.179. The van der Waals surface area contributed by atoms with E-state index in [4.69, 9.17) is 28.3 Å². The molecule has 2 aliphatic rings. The molecule has 3 rings (SSSR count). The number of carbonyl (C=O) groups is 1. The van der Waals surface area contributed by atoms with E-state index in [9.17, 15) is 9.90 Å². The van der Waals surface area contributed by atoms with Gasteiger partial charge in [-0.25, -0.2) is 4.79 Å². The van der Waals surface area contributed by atoms with Crippen molar-refractivity contribution in [2.24, 2.45) is 0 Å². The van der Waals surface area contributed by atoms with Crippen LogP contribution in [0.25, 0.3) is 0 Å². The summed E-state index contributed by atoms with van der Waals surface area (Å²) in [5.41, 5.74) is 0.625. The summed E-state index contributed by atoms with van der Waals surface area (Å²) in [6.07, 6.45) is 0.737. The van der Waals surface area contributed by atoms with E-state index >= 15 is 0 Å². The van der Waals surface area contributed by atoms with Gasteiger partial charge in [-0.3, -0.25) is 0 Å². The number of aliphatic hydroxyl groups is 1. The normalized spacial score (nSPS) is 24.8. The van der Waals surface area contributed by atoms with Crippen molar-refractivity contribution < 1.29 is 15.0 Å². The van der Waals surface area contributed by atoms with Gasteiger partial charge in [-0.15, -0.1) is 0 Å². The van der Waals surface area contributed by atoms with E-state index in [-0.39, 0.29) is 30.3 Å². The standard InChI is InChI=1S/C14H16Cl2N2O3/c15-10-1-2-11(20)12(13(10)16)8-5-9-7-17(3-4-19)14(21)18(9)6-8/h1-2,8-9,19-20H,3-7H2. The predicted octanol–water partition coefficient (Wildman–Crippen LogP) is 2.28. The Morgan fingerprint density at radius 2 is 2.05 bits per heavy atom. The van der Waals surface area contributed by atoms with Gasteiger partial charge < -0.3 is 20.0 Å². The Morgan fingerprint density at radius 3 is 2.71 bits per heavy atom. The van der Waals surface area contributed by atoms with E-state index in [0.717, 1.165) is 6.42 Å². The highest BCUT2D eigenvalue weighted by molar-refractivity contribution is 6.42. The van der Waals surface area contributed by atoms with Crippen molar-refractivity contribution in [1.82, 2.24) is 9.80 Å². The molecule has 7 heteroatoms. The summed E-state index contributed by atoms with van der Waals surface area (Å²) in [5, 5.41) is 19.8. The van der Waals surface area contributed by atoms with Crippen molar-refractivity contribution in [3.8, 4) is 5.75 Å². The van der Waals surface area contributed by atoms with Gasteiger partial charge in [0.05, 0.1) is 22.7 Å². The summed E-state index contributed by atoms with van der Waals surface area (Å²) < 4.78 is 0. The first kappa shape index (κ1) is 14.8. The Bertz CT molecular complexity index is 582. The van der Waals surface area contributed by atoms with Gasteiger partial charge >= 0.3 is 6.03 Å². The number of halogens is 2. The number of benzene rings is 1. The zero-order valence-corrected chi connectivity index (χ0v) is 12.8. The number of urea groups is 1. The monoisotopic (exact) mass is 330 g/mol. The summed E-state index contributed by atoms with van der Waals surface area (Å²) in [6.45, 7) is 1.45. The summed E-state index contributed by atoms with van der Waals surface area (Å²) in [4.78, 5) is 15.7. The minimum Gasteiger partial charge on any atom is -0.508 e. The molecular weight excluding hydrogens is 315 g/mol. The van der Waals surface area contributed by atoms with Crippen LogP contribution >= 0.6 is 23.2 Å². The lowest BCUT2D eigenvalue weighted by Crippen LogP contribution is -2.34. The molecule has 0 radical (unpaired) electrons. The fraction of sp³-hybridized carbons (Fsp3) is 0.500. The summed E-state index contributed by atoms with van der Waals surface area (Å²) in [6, 6.07) is 3.14. The van der Waals surface area contributed by atoms with E-state index in [1.54, 1.807) is 15.9 Å². The average molecular weight is 331 g/mol. The summed E-state index contributed by atoms with van der Waals surface area (Å²) in [7, 11) is 0. The number of phenolic OH excluding ortho intramolecular Hbond substituents is 1. The van der Waals surface area contributed by atoms with E-state index in [1.165, 1.54) is 6.07 Å². The van der Waals surface area contributed by atoms with Crippen LogP contribution in [0, 0.1) is 0 Å². The first-order chi connectivity index (χ1) is 10.0. The van der Waals surface area contributed by atoms with Gasteiger partial charge in [0.15, 0.2) is 0 Å². The van der Waals surface area contributed by atoms with Crippen LogP contribution in [-0.4, -0.2) is 58.3 Å². The van der Waals surface area contributed by atoms with Crippen LogP contribution in [0.15, 0.2) is 12.1 Å². The van der Waals surface area contributed by atoms with Crippen LogP contribution in [-0.2, 0) is 0 Å². The zero-order valence-electron chi connectivity index (χ0n) is 11.3. The Hall–Kier alpha value is -1.17.